The van der Waals surface area contributed by atoms with Crippen LogP contribution in [0.5, 0.6) is 0 Å². The van der Waals surface area contributed by atoms with Crippen LogP contribution < -0.4 is 5.32 Å². The van der Waals surface area contributed by atoms with Gasteiger partial charge in [-0.1, -0.05) is 39.8 Å². The van der Waals surface area contributed by atoms with Gasteiger partial charge in [0.05, 0.1) is 17.1 Å². The summed E-state index contributed by atoms with van der Waals surface area (Å²) in [6.45, 7) is 12.4. The summed E-state index contributed by atoms with van der Waals surface area (Å²) < 4.78 is 1.91. The quantitative estimate of drug-likeness (QED) is 0.721. The number of nitrogens with zero attached hydrogens (tertiary/aromatic N) is 3. The van der Waals surface area contributed by atoms with Crippen molar-refractivity contribution in [1.82, 2.24) is 14.5 Å². The van der Waals surface area contributed by atoms with E-state index >= 15 is 0 Å². The van der Waals surface area contributed by atoms with Gasteiger partial charge in [0, 0.05) is 19.6 Å². The number of anilines is 1. The third kappa shape index (κ3) is 5.46. The van der Waals surface area contributed by atoms with Gasteiger partial charge in [-0.05, 0) is 30.9 Å². The summed E-state index contributed by atoms with van der Waals surface area (Å²) in [5.41, 5.74) is 1.76. The average Bonchev–Trinajstić information content (AvgIpc) is 2.89. The molecule has 0 radical (unpaired) electrons. The number of aliphatic hydroxyl groups is 1. The maximum Gasteiger partial charge on any atom is 0.242 e. The van der Waals surface area contributed by atoms with E-state index in [4.69, 9.17) is 0 Å². The number of fused-ring (bicyclic) bond motifs is 1. The first kappa shape index (κ1) is 20.2. The molecule has 144 valence electrons. The summed E-state index contributed by atoms with van der Waals surface area (Å²) in [6.07, 6.45) is -0.489. The molecule has 1 aromatic heterocycles. The van der Waals surface area contributed by atoms with E-state index in [1.165, 1.54) is 0 Å². The highest BCUT2D eigenvalue weighted by molar-refractivity contribution is 5.83. The fraction of sp³-hybridized carbons (Fsp3) is 0.600. The smallest absolute Gasteiger partial charge is 0.242 e. The topological polar surface area (TPSA) is 70.4 Å². The number of amides is 1. The minimum absolute atomic E-state index is 0.0932. The van der Waals surface area contributed by atoms with Crippen molar-refractivity contribution in [2.45, 2.75) is 47.3 Å². The number of nitrogens with one attached hydrogen (secondary N) is 1. The highest BCUT2D eigenvalue weighted by atomic mass is 16.3. The van der Waals surface area contributed by atoms with Gasteiger partial charge in [-0.2, -0.15) is 0 Å². The molecular weight excluding hydrogens is 328 g/mol. The van der Waals surface area contributed by atoms with Crippen molar-refractivity contribution in [1.29, 1.82) is 0 Å². The molecule has 6 nitrogen and oxygen atoms in total. The van der Waals surface area contributed by atoms with Crippen LogP contribution in [-0.4, -0.2) is 51.2 Å². The van der Waals surface area contributed by atoms with Crippen LogP contribution in [0, 0.1) is 11.8 Å². The Morgan fingerprint density at radius 3 is 2.35 bits per heavy atom. The van der Waals surface area contributed by atoms with Crippen molar-refractivity contribution < 1.29 is 9.90 Å². The second-order valence-corrected chi connectivity index (χ2v) is 7.83. The van der Waals surface area contributed by atoms with Crippen molar-refractivity contribution in [3.05, 3.63) is 24.3 Å². The lowest BCUT2D eigenvalue weighted by Crippen LogP contribution is -2.39. The second-order valence-electron chi connectivity index (χ2n) is 7.83. The van der Waals surface area contributed by atoms with Gasteiger partial charge in [-0.25, -0.2) is 4.98 Å². The van der Waals surface area contributed by atoms with E-state index in [2.05, 4.69) is 38.0 Å². The molecule has 0 bridgehead atoms. The molecule has 0 saturated heterocycles. The van der Waals surface area contributed by atoms with Crippen LogP contribution in [0.15, 0.2) is 24.3 Å². The number of carbonyl (C=O) groups excluding carboxylic acids is 1. The Bertz CT molecular complexity index is 712. The van der Waals surface area contributed by atoms with E-state index in [9.17, 15) is 9.90 Å². The number of imidazole rings is 1. The Kier molecular flexibility index (Phi) is 7.03. The molecule has 1 aromatic carbocycles. The maximum absolute atomic E-state index is 13.0. The molecule has 0 unspecified atom stereocenters. The number of hydrogen-bond acceptors (Lipinski definition) is 4. The molecule has 0 aliphatic rings. The Morgan fingerprint density at radius 2 is 1.77 bits per heavy atom. The third-order valence-electron chi connectivity index (χ3n) is 4.03. The van der Waals surface area contributed by atoms with Crippen LogP contribution in [0.25, 0.3) is 11.0 Å². The second kappa shape index (κ2) is 9.03. The minimum atomic E-state index is -0.489. The van der Waals surface area contributed by atoms with Gasteiger partial charge in [0.25, 0.3) is 0 Å². The standard InChI is InChI=1S/C20H32N4O2/c1-14(2)11-23(12-15(3)4)19(26)13-24-18-9-7-6-8-17(18)22-20(24)21-10-16(5)25/h6-9,14-16,25H,10-13H2,1-5H3,(H,21,22)/t16-/m1/s1. The monoisotopic (exact) mass is 360 g/mol. The Labute approximate surface area is 156 Å². The summed E-state index contributed by atoms with van der Waals surface area (Å²) in [6, 6.07) is 7.79. The lowest BCUT2D eigenvalue weighted by molar-refractivity contribution is -0.132. The molecule has 6 heteroatoms. The normalized spacial score (nSPS) is 12.8. The van der Waals surface area contributed by atoms with E-state index in [1.807, 2.05) is 33.7 Å². The highest BCUT2D eigenvalue weighted by Crippen LogP contribution is 2.20. The molecule has 26 heavy (non-hydrogen) atoms. The first-order valence-electron chi connectivity index (χ1n) is 9.42. The summed E-state index contributed by atoms with van der Waals surface area (Å²) in [7, 11) is 0. The fourth-order valence-electron chi connectivity index (χ4n) is 3.00. The maximum atomic E-state index is 13.0. The number of rotatable bonds is 9. The minimum Gasteiger partial charge on any atom is -0.392 e. The van der Waals surface area contributed by atoms with E-state index in [-0.39, 0.29) is 12.5 Å². The number of carbonyl (C=O) groups is 1. The predicted octanol–water partition coefficient (Wildman–Crippen LogP) is 2.97. The molecule has 2 N–H and O–H groups in total. The third-order valence-corrected chi connectivity index (χ3v) is 4.03. The average molecular weight is 361 g/mol. The number of benzene rings is 1. The molecule has 0 aliphatic carbocycles. The molecule has 0 aliphatic heterocycles. The molecule has 2 rings (SSSR count). The van der Waals surface area contributed by atoms with Crippen molar-refractivity contribution in [3.63, 3.8) is 0 Å². The van der Waals surface area contributed by atoms with Crippen molar-refractivity contribution in [2.24, 2.45) is 11.8 Å². The summed E-state index contributed by atoms with van der Waals surface area (Å²) >= 11 is 0. The van der Waals surface area contributed by atoms with E-state index in [0.29, 0.717) is 24.3 Å². The zero-order chi connectivity index (χ0) is 19.3. The zero-order valence-corrected chi connectivity index (χ0v) is 16.6. The fourth-order valence-corrected chi connectivity index (χ4v) is 3.00. The number of hydrogen-bond donors (Lipinski definition) is 2. The molecule has 1 heterocycles. The van der Waals surface area contributed by atoms with Gasteiger partial charge < -0.3 is 19.9 Å². The number of aliphatic hydroxyl groups excluding tert-OH is 1. The summed E-state index contributed by atoms with van der Waals surface area (Å²) in [4.78, 5) is 19.6. The molecular formula is C20H32N4O2. The highest BCUT2D eigenvalue weighted by Gasteiger charge is 2.20. The van der Waals surface area contributed by atoms with E-state index in [1.54, 1.807) is 6.92 Å². The Balaban J connectivity index is 2.28. The van der Waals surface area contributed by atoms with Gasteiger partial charge in [0.2, 0.25) is 11.9 Å². The summed E-state index contributed by atoms with van der Waals surface area (Å²) in [5, 5.41) is 12.7. The first-order valence-corrected chi connectivity index (χ1v) is 9.42. The summed E-state index contributed by atoms with van der Waals surface area (Å²) in [5.74, 6) is 1.56. The van der Waals surface area contributed by atoms with Crippen molar-refractivity contribution >= 4 is 22.9 Å². The van der Waals surface area contributed by atoms with Crippen LogP contribution in [0.4, 0.5) is 5.95 Å². The molecule has 1 atom stereocenters. The van der Waals surface area contributed by atoms with Crippen molar-refractivity contribution in [2.75, 3.05) is 25.0 Å². The van der Waals surface area contributed by atoms with Crippen LogP contribution in [0.1, 0.15) is 34.6 Å². The molecule has 0 fully saturated rings. The zero-order valence-electron chi connectivity index (χ0n) is 16.6. The van der Waals surface area contributed by atoms with Gasteiger partial charge in [0.15, 0.2) is 0 Å². The van der Waals surface area contributed by atoms with Gasteiger partial charge in [-0.15, -0.1) is 0 Å². The molecule has 0 spiro atoms. The molecule has 2 aromatic rings. The SMILES string of the molecule is CC(C)CN(CC(C)C)C(=O)Cn1c(NC[C@@H](C)O)nc2ccccc21. The number of para-hydroxylation sites is 2. The Morgan fingerprint density at radius 1 is 1.15 bits per heavy atom. The van der Waals surface area contributed by atoms with Crippen LogP contribution in [0.3, 0.4) is 0 Å². The van der Waals surface area contributed by atoms with Crippen LogP contribution >= 0.6 is 0 Å². The van der Waals surface area contributed by atoms with E-state index in [0.717, 1.165) is 24.1 Å². The lowest BCUT2D eigenvalue weighted by Gasteiger charge is -2.27. The first-order chi connectivity index (χ1) is 12.3. The Hall–Kier alpha value is -2.08. The van der Waals surface area contributed by atoms with E-state index < -0.39 is 6.10 Å². The molecule has 0 saturated carbocycles. The predicted molar refractivity (Wildman–Crippen MR) is 106 cm³/mol. The largest absolute Gasteiger partial charge is 0.392 e. The molecule has 1 amide bonds. The van der Waals surface area contributed by atoms with Gasteiger partial charge >= 0.3 is 0 Å². The van der Waals surface area contributed by atoms with Crippen LogP contribution in [-0.2, 0) is 11.3 Å². The number of aromatic nitrogens is 2. The van der Waals surface area contributed by atoms with Gasteiger partial charge in [-0.3, -0.25) is 4.79 Å². The lowest BCUT2D eigenvalue weighted by atomic mass is 10.1. The van der Waals surface area contributed by atoms with Crippen molar-refractivity contribution in [3.8, 4) is 0 Å². The van der Waals surface area contributed by atoms with Crippen LogP contribution in [0.2, 0.25) is 0 Å². The van der Waals surface area contributed by atoms with Gasteiger partial charge in [0.1, 0.15) is 6.54 Å².